The lowest BCUT2D eigenvalue weighted by molar-refractivity contribution is 0.319. The largest absolute Gasteiger partial charge is 0.475 e. The Kier molecular flexibility index (Phi) is 2.45. The van der Waals surface area contributed by atoms with Gasteiger partial charge in [-0.15, -0.1) is 0 Å². The van der Waals surface area contributed by atoms with Crippen molar-refractivity contribution in [3.8, 4) is 0 Å². The second-order valence-corrected chi connectivity index (χ2v) is 3.15. The van der Waals surface area contributed by atoms with Gasteiger partial charge in [-0.2, -0.15) is 0 Å². The number of ether oxygens (including phenoxy) is 1. The smallest absolute Gasteiger partial charge is 0.216 e. The quantitative estimate of drug-likeness (QED) is 0.761. The Balaban J connectivity index is 2.24. The summed E-state index contributed by atoms with van der Waals surface area (Å²) in [5.41, 5.74) is 6.11. The van der Waals surface area contributed by atoms with Crippen LogP contribution in [0.2, 0.25) is 0 Å². The maximum Gasteiger partial charge on any atom is 0.216 e. The Morgan fingerprint density at radius 1 is 1.57 bits per heavy atom. The molecule has 0 bridgehead atoms. The molecule has 0 saturated carbocycles. The van der Waals surface area contributed by atoms with Gasteiger partial charge < -0.3 is 10.5 Å². The fourth-order valence-corrected chi connectivity index (χ4v) is 1.32. The summed E-state index contributed by atoms with van der Waals surface area (Å²) in [4.78, 5) is 4.22. The molecule has 1 unspecified atom stereocenters. The van der Waals surface area contributed by atoms with E-state index in [1.807, 2.05) is 0 Å². The van der Waals surface area contributed by atoms with Gasteiger partial charge in [-0.25, -0.2) is 9.38 Å². The summed E-state index contributed by atoms with van der Waals surface area (Å²) in [5, 5.41) is 0. The molecule has 1 aromatic rings. The highest BCUT2D eigenvalue weighted by molar-refractivity contribution is 5.95. The zero-order chi connectivity index (χ0) is 9.97. The van der Waals surface area contributed by atoms with Crippen LogP contribution in [0.5, 0.6) is 0 Å². The molecule has 3 nitrogen and oxygen atoms in total. The molecule has 1 aliphatic heterocycles. The Labute approximate surface area is 81.4 Å². The summed E-state index contributed by atoms with van der Waals surface area (Å²) >= 11 is 0. The Morgan fingerprint density at radius 2 is 2.43 bits per heavy atom. The van der Waals surface area contributed by atoms with Gasteiger partial charge in [0.1, 0.15) is 18.5 Å². The normalized spacial score (nSPS) is 20.4. The van der Waals surface area contributed by atoms with Gasteiger partial charge in [-0.05, 0) is 18.2 Å². The van der Waals surface area contributed by atoms with Crippen molar-refractivity contribution in [2.24, 2.45) is 10.7 Å². The van der Waals surface area contributed by atoms with E-state index in [4.69, 9.17) is 10.5 Å². The third-order valence-corrected chi connectivity index (χ3v) is 2.06. The van der Waals surface area contributed by atoms with Crippen molar-refractivity contribution >= 4 is 5.90 Å². The molecule has 0 spiro atoms. The number of rotatable bonds is 2. The van der Waals surface area contributed by atoms with Crippen LogP contribution in [-0.2, 0) is 4.74 Å². The fraction of sp³-hybridized carbons (Fsp3) is 0.300. The van der Waals surface area contributed by atoms with E-state index < -0.39 is 0 Å². The van der Waals surface area contributed by atoms with E-state index in [1.165, 1.54) is 12.1 Å². The number of nitrogens with zero attached hydrogens (tertiary/aromatic N) is 1. The van der Waals surface area contributed by atoms with Crippen LogP contribution in [-0.4, -0.2) is 25.1 Å². The maximum absolute atomic E-state index is 12.9. The van der Waals surface area contributed by atoms with Crippen molar-refractivity contribution in [1.29, 1.82) is 0 Å². The lowest BCUT2D eigenvalue weighted by Crippen LogP contribution is -2.18. The summed E-state index contributed by atoms with van der Waals surface area (Å²) in [6.45, 7) is 0.946. The maximum atomic E-state index is 12.9. The minimum Gasteiger partial charge on any atom is -0.475 e. The number of aliphatic imine (C=N–C) groups is 1. The van der Waals surface area contributed by atoms with Crippen molar-refractivity contribution in [2.45, 2.75) is 6.04 Å². The van der Waals surface area contributed by atoms with Crippen LogP contribution in [0.1, 0.15) is 5.56 Å². The Hall–Kier alpha value is -1.42. The number of hydrogen-bond donors (Lipinski definition) is 1. The molecule has 0 fully saturated rings. The van der Waals surface area contributed by atoms with Crippen molar-refractivity contribution in [3.63, 3.8) is 0 Å². The van der Waals surface area contributed by atoms with Crippen LogP contribution in [0.25, 0.3) is 0 Å². The molecule has 4 heteroatoms. The average Bonchev–Trinajstić information content (AvgIpc) is 2.66. The molecule has 1 atom stereocenters. The average molecular weight is 194 g/mol. The molecule has 2 N–H and O–H groups in total. The zero-order valence-electron chi connectivity index (χ0n) is 7.61. The second kappa shape index (κ2) is 3.75. The fourth-order valence-electron chi connectivity index (χ4n) is 1.32. The minimum absolute atomic E-state index is 0.00765. The molecule has 0 radical (unpaired) electrons. The molecule has 1 aromatic carbocycles. The van der Waals surface area contributed by atoms with Gasteiger partial charge in [-0.3, -0.25) is 0 Å². The van der Waals surface area contributed by atoms with Gasteiger partial charge >= 0.3 is 0 Å². The van der Waals surface area contributed by atoms with Gasteiger partial charge in [0.15, 0.2) is 0 Å². The first-order valence-corrected chi connectivity index (χ1v) is 4.46. The molecule has 0 saturated heterocycles. The van der Waals surface area contributed by atoms with E-state index in [1.54, 1.807) is 12.1 Å². The summed E-state index contributed by atoms with van der Waals surface area (Å²) in [7, 11) is 0. The highest BCUT2D eigenvalue weighted by Crippen LogP contribution is 2.12. The number of nitrogens with two attached hydrogens (primary N) is 1. The standard InChI is InChI=1S/C10H11FN2O/c11-8-3-1-2-7(4-8)10-13-9(5-12)6-14-10/h1-4,9H,5-6,12H2. The third-order valence-electron chi connectivity index (χ3n) is 2.06. The number of halogens is 1. The van der Waals surface area contributed by atoms with Crippen LogP contribution in [0.15, 0.2) is 29.3 Å². The van der Waals surface area contributed by atoms with Gasteiger partial charge in [-0.1, -0.05) is 6.07 Å². The lowest BCUT2D eigenvalue weighted by Gasteiger charge is -2.00. The first-order valence-electron chi connectivity index (χ1n) is 4.46. The van der Waals surface area contributed by atoms with Crippen LogP contribution in [0.4, 0.5) is 4.39 Å². The van der Waals surface area contributed by atoms with E-state index in [0.717, 1.165) is 0 Å². The molecule has 0 aromatic heterocycles. The predicted octanol–water partition coefficient (Wildman–Crippen LogP) is 0.930. The minimum atomic E-state index is -0.287. The van der Waals surface area contributed by atoms with Crippen LogP contribution < -0.4 is 5.73 Å². The molecule has 74 valence electrons. The summed E-state index contributed by atoms with van der Waals surface area (Å²) in [6.07, 6.45) is 0. The van der Waals surface area contributed by atoms with Crippen molar-refractivity contribution in [1.82, 2.24) is 0 Å². The van der Waals surface area contributed by atoms with Gasteiger partial charge in [0, 0.05) is 12.1 Å². The third kappa shape index (κ3) is 1.75. The van der Waals surface area contributed by atoms with E-state index >= 15 is 0 Å². The summed E-state index contributed by atoms with van der Waals surface area (Å²) < 4.78 is 18.2. The van der Waals surface area contributed by atoms with Crippen molar-refractivity contribution < 1.29 is 9.13 Å². The highest BCUT2D eigenvalue weighted by Gasteiger charge is 2.18. The first-order chi connectivity index (χ1) is 6.79. The Bertz CT molecular complexity index is 365. The zero-order valence-corrected chi connectivity index (χ0v) is 7.61. The van der Waals surface area contributed by atoms with Crippen LogP contribution in [0, 0.1) is 5.82 Å². The number of benzene rings is 1. The molecular weight excluding hydrogens is 183 g/mol. The summed E-state index contributed by atoms with van der Waals surface area (Å²) in [5.74, 6) is 0.199. The van der Waals surface area contributed by atoms with E-state index in [2.05, 4.69) is 4.99 Å². The van der Waals surface area contributed by atoms with Gasteiger partial charge in [0.2, 0.25) is 5.90 Å². The topological polar surface area (TPSA) is 47.6 Å². The van der Waals surface area contributed by atoms with E-state index in [9.17, 15) is 4.39 Å². The molecule has 1 aliphatic rings. The lowest BCUT2D eigenvalue weighted by atomic mass is 10.2. The van der Waals surface area contributed by atoms with E-state index in [-0.39, 0.29) is 11.9 Å². The van der Waals surface area contributed by atoms with Gasteiger partial charge in [0.05, 0.1) is 0 Å². The molecule has 1 heterocycles. The molecule has 0 amide bonds. The molecule has 2 rings (SSSR count). The molecule has 0 aliphatic carbocycles. The first kappa shape index (κ1) is 9.15. The number of hydrogen-bond acceptors (Lipinski definition) is 3. The predicted molar refractivity (Wildman–Crippen MR) is 51.7 cm³/mol. The van der Waals surface area contributed by atoms with Crippen LogP contribution >= 0.6 is 0 Å². The van der Waals surface area contributed by atoms with E-state index in [0.29, 0.717) is 24.6 Å². The second-order valence-electron chi connectivity index (χ2n) is 3.15. The highest BCUT2D eigenvalue weighted by atomic mass is 19.1. The summed E-state index contributed by atoms with van der Waals surface area (Å²) in [6, 6.07) is 6.19. The van der Waals surface area contributed by atoms with Gasteiger partial charge in [0.25, 0.3) is 0 Å². The van der Waals surface area contributed by atoms with Crippen LogP contribution in [0.3, 0.4) is 0 Å². The SMILES string of the molecule is NCC1COC(c2cccc(F)c2)=N1. The van der Waals surface area contributed by atoms with Crippen molar-refractivity contribution in [2.75, 3.05) is 13.2 Å². The van der Waals surface area contributed by atoms with Crippen molar-refractivity contribution in [3.05, 3.63) is 35.6 Å². The monoisotopic (exact) mass is 194 g/mol. The molecular formula is C10H11FN2O. The molecule has 14 heavy (non-hydrogen) atoms. The Morgan fingerprint density at radius 3 is 3.07 bits per heavy atom.